The minimum atomic E-state index is -1.50. The molecule has 0 heterocycles. The van der Waals surface area contributed by atoms with Gasteiger partial charge in [0.2, 0.25) is 11.8 Å². The zero-order chi connectivity index (χ0) is 21.9. The first kappa shape index (κ1) is 24.8. The summed E-state index contributed by atoms with van der Waals surface area (Å²) in [5.74, 6) is -2.25. The number of hydrogen-bond donors (Lipinski definition) is 5. The molecule has 0 aliphatic rings. The van der Waals surface area contributed by atoms with Crippen molar-refractivity contribution in [3.63, 3.8) is 0 Å². The van der Waals surface area contributed by atoms with Gasteiger partial charge in [0.1, 0.15) is 5.54 Å². The Morgan fingerprint density at radius 2 is 1.54 bits per heavy atom. The summed E-state index contributed by atoms with van der Waals surface area (Å²) in [6.45, 7) is 5.69. The Hall–Kier alpha value is -3.18. The first-order valence-corrected chi connectivity index (χ1v) is 8.63. The molecule has 0 atom stereocenters. The maximum atomic E-state index is 12.0. The predicted molar refractivity (Wildman–Crippen MR) is 99.0 cm³/mol. The van der Waals surface area contributed by atoms with Crippen molar-refractivity contribution in [3.05, 3.63) is 0 Å². The summed E-state index contributed by atoms with van der Waals surface area (Å²) in [6, 6.07) is -2.50. The zero-order valence-electron chi connectivity index (χ0n) is 16.7. The smallest absolute Gasteiger partial charge is 0.328 e. The fourth-order valence-electron chi connectivity index (χ4n) is 1.79. The molecule has 0 rings (SSSR count). The molecule has 0 aromatic rings. The van der Waals surface area contributed by atoms with E-state index in [0.29, 0.717) is 6.54 Å². The van der Waals surface area contributed by atoms with Gasteiger partial charge in [-0.15, -0.1) is 0 Å². The van der Waals surface area contributed by atoms with E-state index in [1.807, 2.05) is 17.6 Å². The molecule has 12 nitrogen and oxygen atoms in total. The number of amides is 9. The van der Waals surface area contributed by atoms with E-state index in [2.05, 4.69) is 16.0 Å². The topological polar surface area (TPSA) is 166 Å². The SMILES string of the molecule is CCCCN(C)C(=O)NC(=O)NCC(=O)NC(C)(C)C(=O)NC(=O)NC(C)=O. The van der Waals surface area contributed by atoms with Gasteiger partial charge in [-0.3, -0.25) is 30.3 Å². The normalized spacial score (nSPS) is 10.3. The van der Waals surface area contributed by atoms with Crippen LogP contribution in [-0.2, 0) is 14.4 Å². The molecule has 0 bridgehead atoms. The lowest BCUT2D eigenvalue weighted by Gasteiger charge is -2.24. The van der Waals surface area contributed by atoms with Crippen LogP contribution in [0, 0.1) is 0 Å². The Morgan fingerprint density at radius 1 is 0.929 bits per heavy atom. The van der Waals surface area contributed by atoms with Crippen molar-refractivity contribution < 1.29 is 28.8 Å². The molecule has 0 aliphatic carbocycles. The van der Waals surface area contributed by atoms with Crippen LogP contribution in [0.1, 0.15) is 40.5 Å². The summed E-state index contributed by atoms with van der Waals surface area (Å²) < 4.78 is 0. The van der Waals surface area contributed by atoms with Gasteiger partial charge in [0.15, 0.2) is 0 Å². The first-order chi connectivity index (χ1) is 12.9. The summed E-state index contributed by atoms with van der Waals surface area (Å²) in [5, 5.41) is 10.3. The van der Waals surface area contributed by atoms with Crippen molar-refractivity contribution in [3.8, 4) is 0 Å². The van der Waals surface area contributed by atoms with Crippen LogP contribution in [-0.4, -0.2) is 66.4 Å². The van der Waals surface area contributed by atoms with Gasteiger partial charge in [0, 0.05) is 20.5 Å². The van der Waals surface area contributed by atoms with E-state index in [-0.39, 0.29) is 0 Å². The largest absolute Gasteiger partial charge is 0.341 e. The molecule has 0 saturated heterocycles. The van der Waals surface area contributed by atoms with E-state index in [9.17, 15) is 28.8 Å². The highest BCUT2D eigenvalue weighted by Gasteiger charge is 2.31. The van der Waals surface area contributed by atoms with Crippen LogP contribution in [0.15, 0.2) is 0 Å². The van der Waals surface area contributed by atoms with Gasteiger partial charge in [-0.2, -0.15) is 0 Å². The van der Waals surface area contributed by atoms with Crippen LogP contribution in [0.3, 0.4) is 0 Å². The number of carbonyl (C=O) groups is 6. The molecule has 0 aromatic carbocycles. The number of unbranched alkanes of at least 4 members (excludes halogenated alkanes) is 1. The van der Waals surface area contributed by atoms with Crippen molar-refractivity contribution in [2.24, 2.45) is 0 Å². The molecule has 0 aliphatic heterocycles. The van der Waals surface area contributed by atoms with Gasteiger partial charge in [-0.05, 0) is 20.3 Å². The van der Waals surface area contributed by atoms with Crippen molar-refractivity contribution in [1.82, 2.24) is 31.5 Å². The molecule has 9 amide bonds. The Kier molecular flexibility index (Phi) is 10.2. The van der Waals surface area contributed by atoms with Gasteiger partial charge in [0.05, 0.1) is 6.54 Å². The van der Waals surface area contributed by atoms with E-state index in [1.54, 1.807) is 0 Å². The Morgan fingerprint density at radius 3 is 2.07 bits per heavy atom. The van der Waals surface area contributed by atoms with Crippen LogP contribution >= 0.6 is 0 Å². The molecule has 158 valence electrons. The molecule has 0 unspecified atom stereocenters. The van der Waals surface area contributed by atoms with Crippen molar-refractivity contribution in [1.29, 1.82) is 0 Å². The lowest BCUT2D eigenvalue weighted by atomic mass is 10.0. The van der Waals surface area contributed by atoms with Gasteiger partial charge in [-0.25, -0.2) is 14.4 Å². The number of urea groups is 3. The highest BCUT2D eigenvalue weighted by molar-refractivity contribution is 6.05. The van der Waals surface area contributed by atoms with Crippen LogP contribution < -0.4 is 26.6 Å². The molecule has 0 spiro atoms. The average Bonchev–Trinajstić information content (AvgIpc) is 2.56. The summed E-state index contributed by atoms with van der Waals surface area (Å²) in [5.41, 5.74) is -1.50. The fraction of sp³-hybridized carbons (Fsp3) is 0.625. The second-order valence-corrected chi connectivity index (χ2v) is 6.53. The van der Waals surface area contributed by atoms with Gasteiger partial charge in [-0.1, -0.05) is 13.3 Å². The van der Waals surface area contributed by atoms with Crippen LogP contribution in [0.5, 0.6) is 0 Å². The van der Waals surface area contributed by atoms with E-state index in [0.717, 1.165) is 19.8 Å². The highest BCUT2D eigenvalue weighted by Crippen LogP contribution is 2.01. The highest BCUT2D eigenvalue weighted by atomic mass is 16.2. The van der Waals surface area contributed by atoms with Crippen LogP contribution in [0.25, 0.3) is 0 Å². The predicted octanol–water partition coefficient (Wildman–Crippen LogP) is -0.595. The molecule has 5 N–H and O–H groups in total. The third-order valence-electron chi connectivity index (χ3n) is 3.36. The Balaban J connectivity index is 4.42. The lowest BCUT2D eigenvalue weighted by molar-refractivity contribution is -0.131. The quantitative estimate of drug-likeness (QED) is 0.383. The number of carbonyl (C=O) groups excluding carboxylic acids is 6. The van der Waals surface area contributed by atoms with E-state index >= 15 is 0 Å². The maximum Gasteiger partial charge on any atom is 0.328 e. The maximum absolute atomic E-state index is 12.0. The van der Waals surface area contributed by atoms with Crippen molar-refractivity contribution in [2.45, 2.75) is 46.1 Å². The monoisotopic (exact) mass is 400 g/mol. The van der Waals surface area contributed by atoms with E-state index < -0.39 is 47.9 Å². The van der Waals surface area contributed by atoms with E-state index in [4.69, 9.17) is 0 Å². The molecule has 0 radical (unpaired) electrons. The fourth-order valence-corrected chi connectivity index (χ4v) is 1.79. The van der Waals surface area contributed by atoms with Crippen LogP contribution in [0.2, 0.25) is 0 Å². The molecule has 12 heteroatoms. The summed E-state index contributed by atoms with van der Waals surface area (Å²) in [6.07, 6.45) is 1.68. The molecule has 0 saturated carbocycles. The molecule has 28 heavy (non-hydrogen) atoms. The number of nitrogens with one attached hydrogen (secondary N) is 5. The minimum Gasteiger partial charge on any atom is -0.341 e. The molecular formula is C16H28N6O6. The molecule has 0 aromatic heterocycles. The molecule has 0 fully saturated rings. The van der Waals surface area contributed by atoms with Crippen LogP contribution in [0.4, 0.5) is 14.4 Å². The average molecular weight is 400 g/mol. The first-order valence-electron chi connectivity index (χ1n) is 8.63. The summed E-state index contributed by atoms with van der Waals surface area (Å²) in [4.78, 5) is 70.8. The van der Waals surface area contributed by atoms with Crippen molar-refractivity contribution >= 4 is 35.8 Å². The standard InChI is InChI=1S/C16H28N6O6/c1-6-7-8-22(5)15(28)20-13(26)17-9-11(24)21-16(3,4)12(25)19-14(27)18-10(2)23/h6-9H2,1-5H3,(H,21,24)(H2,17,20,26,28)(H2,18,19,23,25,27). The van der Waals surface area contributed by atoms with Crippen molar-refractivity contribution in [2.75, 3.05) is 20.1 Å². The second-order valence-electron chi connectivity index (χ2n) is 6.53. The molecular weight excluding hydrogens is 372 g/mol. The number of imide groups is 3. The Bertz CT molecular complexity index is 633. The second kappa shape index (κ2) is 11.5. The van der Waals surface area contributed by atoms with E-state index in [1.165, 1.54) is 25.8 Å². The summed E-state index contributed by atoms with van der Waals surface area (Å²) in [7, 11) is 1.54. The number of hydrogen-bond acceptors (Lipinski definition) is 6. The number of rotatable bonds is 7. The van der Waals surface area contributed by atoms with Gasteiger partial charge < -0.3 is 15.5 Å². The minimum absolute atomic E-state index is 0.483. The van der Waals surface area contributed by atoms with Gasteiger partial charge >= 0.3 is 18.1 Å². The number of nitrogens with zero attached hydrogens (tertiary/aromatic N) is 1. The zero-order valence-corrected chi connectivity index (χ0v) is 16.7. The summed E-state index contributed by atoms with van der Waals surface area (Å²) >= 11 is 0. The third-order valence-corrected chi connectivity index (χ3v) is 3.36. The third kappa shape index (κ3) is 10.1. The van der Waals surface area contributed by atoms with Gasteiger partial charge in [0.25, 0.3) is 5.91 Å². The lowest BCUT2D eigenvalue weighted by Crippen LogP contribution is -2.59. The Labute approximate surface area is 163 Å².